The van der Waals surface area contributed by atoms with Gasteiger partial charge in [0.1, 0.15) is 6.10 Å². The second-order valence-electron chi connectivity index (χ2n) is 6.55. The molecule has 24 heavy (non-hydrogen) atoms. The maximum Gasteiger partial charge on any atom is 0.222 e. The Morgan fingerprint density at radius 2 is 1.58 bits per heavy atom. The molecule has 126 valence electrons. The first-order valence-electron chi connectivity index (χ1n) is 8.62. The fourth-order valence-electron chi connectivity index (χ4n) is 3.68. The van der Waals surface area contributed by atoms with Gasteiger partial charge in [0.2, 0.25) is 5.79 Å². The van der Waals surface area contributed by atoms with Crippen molar-refractivity contribution < 1.29 is 14.6 Å². The Morgan fingerprint density at radius 3 is 2.17 bits per heavy atom. The number of nitrogens with one attached hydrogen (secondary N) is 1. The summed E-state index contributed by atoms with van der Waals surface area (Å²) in [6.07, 6.45) is 1.16. The van der Waals surface area contributed by atoms with Gasteiger partial charge in [-0.15, -0.1) is 0 Å². The van der Waals surface area contributed by atoms with Gasteiger partial charge >= 0.3 is 0 Å². The minimum atomic E-state index is -0.878. The Bertz CT molecular complexity index is 622. The Kier molecular flexibility index (Phi) is 4.37. The maximum atomic E-state index is 9.97. The lowest BCUT2D eigenvalue weighted by molar-refractivity contribution is -0.147. The van der Waals surface area contributed by atoms with E-state index in [1.807, 2.05) is 60.7 Å². The minimum absolute atomic E-state index is 0.0830. The van der Waals surface area contributed by atoms with Crippen molar-refractivity contribution in [3.05, 3.63) is 71.8 Å². The molecule has 4 heteroatoms. The normalized spacial score (nSPS) is 29.5. The van der Waals surface area contributed by atoms with Crippen LogP contribution in [0.4, 0.5) is 0 Å². The molecule has 2 aliphatic heterocycles. The van der Waals surface area contributed by atoms with Crippen LogP contribution in [0.1, 0.15) is 24.0 Å². The topological polar surface area (TPSA) is 50.7 Å². The zero-order valence-corrected chi connectivity index (χ0v) is 13.6. The van der Waals surface area contributed by atoms with Gasteiger partial charge < -0.3 is 19.9 Å². The first kappa shape index (κ1) is 15.8. The van der Waals surface area contributed by atoms with Gasteiger partial charge in [-0.05, 0) is 19.4 Å². The minimum Gasteiger partial charge on any atom is -0.393 e. The van der Waals surface area contributed by atoms with E-state index in [0.29, 0.717) is 13.0 Å². The van der Waals surface area contributed by atoms with Crippen molar-refractivity contribution in [2.24, 2.45) is 0 Å². The van der Waals surface area contributed by atoms with Gasteiger partial charge in [0.05, 0.1) is 12.7 Å². The molecule has 0 aromatic heterocycles. The van der Waals surface area contributed by atoms with Crippen molar-refractivity contribution in [3.63, 3.8) is 0 Å². The van der Waals surface area contributed by atoms with Crippen molar-refractivity contribution >= 4 is 0 Å². The van der Waals surface area contributed by atoms with Crippen LogP contribution in [-0.2, 0) is 15.3 Å². The molecule has 0 unspecified atom stereocenters. The molecule has 4 nitrogen and oxygen atoms in total. The predicted molar refractivity (Wildman–Crippen MR) is 91.5 cm³/mol. The summed E-state index contributed by atoms with van der Waals surface area (Å²) in [7, 11) is 0. The van der Waals surface area contributed by atoms with Gasteiger partial charge in [0, 0.05) is 17.2 Å². The van der Waals surface area contributed by atoms with Gasteiger partial charge in [0.15, 0.2) is 0 Å². The van der Waals surface area contributed by atoms with Crippen LogP contribution in [0.3, 0.4) is 0 Å². The number of rotatable bonds is 3. The van der Waals surface area contributed by atoms with E-state index in [1.165, 1.54) is 0 Å². The molecule has 2 aromatic rings. The summed E-state index contributed by atoms with van der Waals surface area (Å²) < 4.78 is 12.8. The van der Waals surface area contributed by atoms with Crippen molar-refractivity contribution in [2.75, 3.05) is 13.2 Å². The molecule has 2 aromatic carbocycles. The second kappa shape index (κ2) is 6.65. The van der Waals surface area contributed by atoms with Gasteiger partial charge in [-0.2, -0.15) is 0 Å². The van der Waals surface area contributed by atoms with E-state index in [0.717, 1.165) is 24.1 Å². The largest absolute Gasteiger partial charge is 0.393 e. The molecular formula is C20H23NO3. The van der Waals surface area contributed by atoms with Crippen LogP contribution < -0.4 is 5.32 Å². The van der Waals surface area contributed by atoms with Crippen molar-refractivity contribution in [1.29, 1.82) is 0 Å². The monoisotopic (exact) mass is 325 g/mol. The molecule has 2 saturated heterocycles. The van der Waals surface area contributed by atoms with E-state index in [-0.39, 0.29) is 18.2 Å². The summed E-state index contributed by atoms with van der Waals surface area (Å²) in [5, 5.41) is 13.4. The fourth-order valence-corrected chi connectivity index (χ4v) is 3.68. The van der Waals surface area contributed by atoms with E-state index in [9.17, 15) is 5.11 Å². The van der Waals surface area contributed by atoms with Crippen LogP contribution in [0.2, 0.25) is 0 Å². The van der Waals surface area contributed by atoms with E-state index in [2.05, 4.69) is 5.32 Å². The van der Waals surface area contributed by atoms with Crippen LogP contribution in [-0.4, -0.2) is 36.5 Å². The molecule has 2 fully saturated rings. The van der Waals surface area contributed by atoms with Crippen LogP contribution in [0.5, 0.6) is 0 Å². The average molecular weight is 325 g/mol. The van der Waals surface area contributed by atoms with E-state index in [1.54, 1.807) is 0 Å². The number of hydrogen-bond acceptors (Lipinski definition) is 4. The summed E-state index contributed by atoms with van der Waals surface area (Å²) in [6, 6.07) is 20.3. The van der Waals surface area contributed by atoms with Gasteiger partial charge in [-0.1, -0.05) is 60.7 Å². The molecule has 4 rings (SSSR count). The van der Waals surface area contributed by atoms with Crippen LogP contribution in [0, 0.1) is 0 Å². The third-order valence-electron chi connectivity index (χ3n) is 4.93. The maximum absolute atomic E-state index is 9.97. The van der Waals surface area contributed by atoms with Gasteiger partial charge in [-0.3, -0.25) is 0 Å². The first-order valence-corrected chi connectivity index (χ1v) is 8.62. The summed E-state index contributed by atoms with van der Waals surface area (Å²) in [5.74, 6) is -0.878. The van der Waals surface area contributed by atoms with Crippen LogP contribution >= 0.6 is 0 Å². The third-order valence-corrected chi connectivity index (χ3v) is 4.93. The molecule has 0 saturated carbocycles. The molecule has 0 aliphatic carbocycles. The van der Waals surface area contributed by atoms with Gasteiger partial charge in [0.25, 0.3) is 0 Å². The SMILES string of the molecule is O[C@H]1CCN[C@H]([C@H]2COC(c3ccccc3)(c3ccccc3)O2)C1. The average Bonchev–Trinajstić information content (AvgIpc) is 3.10. The Labute approximate surface area is 142 Å². The van der Waals surface area contributed by atoms with Crippen LogP contribution in [0.15, 0.2) is 60.7 Å². The molecule has 3 atom stereocenters. The molecule has 0 radical (unpaired) electrons. The molecule has 2 N–H and O–H groups in total. The van der Waals surface area contributed by atoms with Crippen molar-refractivity contribution in [2.45, 2.75) is 36.9 Å². The highest BCUT2D eigenvalue weighted by Crippen LogP contribution is 2.41. The quantitative estimate of drug-likeness (QED) is 0.910. The highest BCUT2D eigenvalue weighted by molar-refractivity contribution is 5.34. The molecule has 0 bridgehead atoms. The van der Waals surface area contributed by atoms with Gasteiger partial charge in [-0.25, -0.2) is 0 Å². The smallest absolute Gasteiger partial charge is 0.222 e. The summed E-state index contributed by atoms with van der Waals surface area (Å²) in [6.45, 7) is 1.32. The number of hydrogen-bond donors (Lipinski definition) is 2. The molecule has 0 amide bonds. The van der Waals surface area contributed by atoms with Crippen molar-refractivity contribution in [3.8, 4) is 0 Å². The predicted octanol–water partition coefficient (Wildman–Crippen LogP) is 2.42. The summed E-state index contributed by atoms with van der Waals surface area (Å²) >= 11 is 0. The standard InChI is InChI=1S/C20H23NO3/c22-17-11-12-21-18(13-17)19-14-23-20(24-19,15-7-3-1-4-8-15)16-9-5-2-6-10-16/h1-10,17-19,21-22H,11-14H2/t17-,18-,19+/m0/s1. The van der Waals surface area contributed by atoms with E-state index in [4.69, 9.17) is 9.47 Å². The highest BCUT2D eigenvalue weighted by atomic mass is 16.7. The number of aliphatic hydroxyl groups excluding tert-OH is 1. The lowest BCUT2D eigenvalue weighted by Crippen LogP contribution is -2.48. The fraction of sp³-hybridized carbons (Fsp3) is 0.400. The Morgan fingerprint density at radius 1 is 0.958 bits per heavy atom. The zero-order chi connectivity index (χ0) is 16.4. The third kappa shape index (κ3) is 2.87. The lowest BCUT2D eigenvalue weighted by atomic mass is 9.96. The number of ether oxygens (including phenoxy) is 2. The number of aliphatic hydroxyl groups is 1. The molecule has 2 heterocycles. The zero-order valence-electron chi connectivity index (χ0n) is 13.6. The molecule has 0 spiro atoms. The Hall–Kier alpha value is -1.72. The summed E-state index contributed by atoms with van der Waals surface area (Å²) in [4.78, 5) is 0. The second-order valence-corrected chi connectivity index (χ2v) is 6.55. The molecular weight excluding hydrogens is 302 g/mol. The molecule has 2 aliphatic rings. The number of benzene rings is 2. The number of piperidine rings is 1. The van der Waals surface area contributed by atoms with E-state index < -0.39 is 5.79 Å². The first-order chi connectivity index (χ1) is 11.8. The Balaban J connectivity index is 1.66. The summed E-state index contributed by atoms with van der Waals surface area (Å²) in [5.41, 5.74) is 1.99. The highest BCUT2D eigenvalue weighted by Gasteiger charge is 2.47. The lowest BCUT2D eigenvalue weighted by Gasteiger charge is -2.33. The van der Waals surface area contributed by atoms with Crippen LogP contribution in [0.25, 0.3) is 0 Å². The van der Waals surface area contributed by atoms with Crippen molar-refractivity contribution in [1.82, 2.24) is 5.32 Å². The van der Waals surface area contributed by atoms with E-state index >= 15 is 0 Å².